The molecule has 0 saturated heterocycles. The van der Waals surface area contributed by atoms with Gasteiger partial charge in [0.25, 0.3) is 17.1 Å². The van der Waals surface area contributed by atoms with Crippen molar-refractivity contribution >= 4 is 54.5 Å². The van der Waals surface area contributed by atoms with Crippen molar-refractivity contribution in [3.05, 3.63) is 292 Å². The van der Waals surface area contributed by atoms with E-state index in [4.69, 9.17) is 4.98 Å². The van der Waals surface area contributed by atoms with Crippen LogP contribution in [0.25, 0.3) is 94.2 Å². The lowest BCUT2D eigenvalue weighted by Crippen LogP contribution is -2.41. The predicted octanol–water partition coefficient (Wildman–Crippen LogP) is 16.4. The van der Waals surface area contributed by atoms with Crippen LogP contribution in [-0.4, -0.2) is 48.3 Å². The van der Waals surface area contributed by atoms with Crippen molar-refractivity contribution in [2.45, 2.75) is 117 Å². The Morgan fingerprint density at radius 2 is 0.806 bits per heavy atom. The lowest BCUT2D eigenvalue weighted by molar-refractivity contribution is -0.742. The first kappa shape index (κ1) is 71.3. The van der Waals surface area contributed by atoms with Crippen LogP contribution >= 0.6 is 0 Å². The van der Waals surface area contributed by atoms with Gasteiger partial charge in [-0.15, -0.1) is 18.7 Å². The summed E-state index contributed by atoms with van der Waals surface area (Å²) < 4.78 is 22.1. The number of rotatable bonds is 7. The second-order valence-corrected chi connectivity index (χ2v) is 27.8. The fourth-order valence-corrected chi connectivity index (χ4v) is 14.8. The van der Waals surface area contributed by atoms with Gasteiger partial charge in [-0.1, -0.05) is 107 Å². The van der Waals surface area contributed by atoms with E-state index in [9.17, 15) is 0 Å². The topological polar surface area (TPSA) is 108 Å². The summed E-state index contributed by atoms with van der Waals surface area (Å²) in [6.45, 7) is 34.1. The van der Waals surface area contributed by atoms with Crippen molar-refractivity contribution in [1.29, 1.82) is 0 Å². The van der Waals surface area contributed by atoms with Crippen molar-refractivity contribution < 1.29 is 23.4 Å². The molecule has 0 aliphatic rings. The number of aryl methyl sites for hydroxylation is 16. The van der Waals surface area contributed by atoms with Crippen LogP contribution in [0.3, 0.4) is 0 Å². The van der Waals surface area contributed by atoms with Crippen LogP contribution in [-0.2, 0) is 35.2 Å². The third-order valence-electron chi connectivity index (χ3n) is 20.2. The minimum Gasteiger partial charge on any atom is -0.259 e. The average Bonchev–Trinajstić information content (AvgIpc) is 1.66. The number of pyridine rings is 5. The molecule has 0 radical (unpaired) electrons. The van der Waals surface area contributed by atoms with Crippen molar-refractivity contribution in [3.63, 3.8) is 0 Å². The van der Waals surface area contributed by atoms with E-state index in [1.54, 1.807) is 0 Å². The molecule has 103 heavy (non-hydrogen) atoms. The maximum atomic E-state index is 4.83. The Morgan fingerprint density at radius 3 is 1.30 bits per heavy atom. The highest BCUT2D eigenvalue weighted by atomic mass is 15.4. The first-order valence-corrected chi connectivity index (χ1v) is 35.5. The zero-order valence-electron chi connectivity index (χ0n) is 63.9. The number of benzene rings is 6. The smallest absolute Gasteiger partial charge is 0.259 e. The summed E-state index contributed by atoms with van der Waals surface area (Å²) in [5.74, 6) is 0.395. The first-order chi connectivity index (χ1) is 49.4. The van der Waals surface area contributed by atoms with Gasteiger partial charge in [-0.25, -0.2) is 4.98 Å². The normalized spacial score (nSPS) is 11.2. The average molecular weight is 1370 g/mol. The number of hydrogen-bond acceptors (Lipinski definition) is 5. The molecule has 0 aliphatic heterocycles. The molecule has 10 heterocycles. The van der Waals surface area contributed by atoms with Crippen molar-refractivity contribution in [3.8, 4) is 39.7 Å². The van der Waals surface area contributed by atoms with Crippen molar-refractivity contribution in [2.75, 3.05) is 0 Å². The number of para-hydroxylation sites is 5. The monoisotopic (exact) mass is 1360 g/mol. The van der Waals surface area contributed by atoms with E-state index in [1.165, 1.54) is 133 Å². The second kappa shape index (κ2) is 29.5. The molecule has 6 aromatic carbocycles. The molecule has 0 aliphatic carbocycles. The molecule has 15 heteroatoms. The second-order valence-electron chi connectivity index (χ2n) is 27.8. The summed E-state index contributed by atoms with van der Waals surface area (Å²) in [4.78, 5) is 22.9. The van der Waals surface area contributed by atoms with Gasteiger partial charge in [0.05, 0.1) is 82.2 Å². The first-order valence-electron chi connectivity index (χ1n) is 35.5. The van der Waals surface area contributed by atoms with Crippen LogP contribution in [0.1, 0.15) is 104 Å². The highest BCUT2D eigenvalue weighted by Gasteiger charge is 2.29. The molecule has 10 aromatic heterocycles. The Balaban J connectivity index is 0.000000122. The molecule has 16 rings (SSSR count). The fourth-order valence-electron chi connectivity index (χ4n) is 14.8. The van der Waals surface area contributed by atoms with Crippen molar-refractivity contribution in [1.82, 2.24) is 48.3 Å². The minimum atomic E-state index is 0.395. The minimum absolute atomic E-state index is 0.395. The van der Waals surface area contributed by atoms with E-state index in [0.717, 1.165) is 45.5 Å². The summed E-state index contributed by atoms with van der Waals surface area (Å²) in [6, 6.07) is 59.4. The SMILES string of the molecule is Cc1cc(-c2c(C)cccc2C)ncc1-[n+]1c2ccccc2c(C)n1C.Cc1cc(C)c(-[n+]2c3ccccc3c(C)n2C)cn1.Cc1cc(C)c(-n2c3ccccc3c[n+]2C)c(C)n1.Cc1ccnc(C(C)C)c1-n1c2ccccc2c[n+]1C.Cc1ccnc(C)c1-[n+]1c2ccccc2c(C)n1C. The van der Waals surface area contributed by atoms with Crippen molar-refractivity contribution in [2.24, 2.45) is 35.2 Å². The molecule has 0 amide bonds. The standard InChI is InChI=1S/C23H24N3.C17H20N3.3C16H18N3/c1-15-9-8-10-16(2)23(15)20-13-17(3)22(14-24-20)26-21-12-7-6-11-19(21)18(4)25(26)5;1-12(2)16-17(13(3)9-10-18-16)20-15-8-6-5-7-14(15)11-19(20)4;1-11-9-12(2)17-10-16(11)19-15-8-6-5-7-14(15)13(3)18(19)4;1-11-9-12(2)17-13(3)16(11)19-15-8-6-5-7-14(15)10-18(19)4;1-11-9-10-17-12(2)16(11)19-15-8-6-5-7-14(15)13(3)18(19)4/h6-14H,1-5H3;5-12H,1-4H3;3*5-10H,1-4H3/q5*+1. The largest absolute Gasteiger partial charge is 0.260 e. The highest BCUT2D eigenvalue weighted by Crippen LogP contribution is 2.31. The zero-order chi connectivity index (χ0) is 73.4. The highest BCUT2D eigenvalue weighted by molar-refractivity contribution is 5.83. The quantitative estimate of drug-likeness (QED) is 0.148. The van der Waals surface area contributed by atoms with Gasteiger partial charge in [0.2, 0.25) is 28.9 Å². The van der Waals surface area contributed by atoms with Crippen LogP contribution in [0, 0.1) is 96.9 Å². The molecule has 0 atom stereocenters. The van der Waals surface area contributed by atoms with Gasteiger partial charge in [-0.2, -0.15) is 14.0 Å². The van der Waals surface area contributed by atoms with E-state index in [1.807, 2.05) is 38.6 Å². The van der Waals surface area contributed by atoms with Gasteiger partial charge >= 0.3 is 0 Å². The van der Waals surface area contributed by atoms with Gasteiger partial charge in [0.15, 0.2) is 14.1 Å². The molecule has 15 nitrogen and oxygen atoms in total. The summed E-state index contributed by atoms with van der Waals surface area (Å²) >= 11 is 0. The summed E-state index contributed by atoms with van der Waals surface area (Å²) in [5.41, 5.74) is 32.0. The van der Waals surface area contributed by atoms with E-state index in [0.29, 0.717) is 5.92 Å². The summed E-state index contributed by atoms with van der Waals surface area (Å²) in [7, 11) is 10.4. The zero-order valence-corrected chi connectivity index (χ0v) is 63.9. The van der Waals surface area contributed by atoms with Gasteiger partial charge < -0.3 is 0 Å². The third kappa shape index (κ3) is 13.7. The lowest BCUT2D eigenvalue weighted by Gasteiger charge is -2.13. The van der Waals surface area contributed by atoms with Crippen LogP contribution in [0.5, 0.6) is 0 Å². The number of nitrogens with zero attached hydrogens (tertiary/aromatic N) is 15. The van der Waals surface area contributed by atoms with Gasteiger partial charge in [-0.05, 0) is 198 Å². The van der Waals surface area contributed by atoms with Crippen LogP contribution in [0.2, 0.25) is 0 Å². The molecule has 0 saturated carbocycles. The molecule has 16 aromatic rings. The Labute approximate surface area is 606 Å². The van der Waals surface area contributed by atoms with E-state index < -0.39 is 0 Å². The van der Waals surface area contributed by atoms with Crippen LogP contribution in [0.4, 0.5) is 0 Å². The molecule has 0 N–H and O–H groups in total. The number of hydrogen-bond donors (Lipinski definition) is 0. The van der Waals surface area contributed by atoms with Crippen LogP contribution in [0.15, 0.2) is 207 Å². The predicted molar refractivity (Wildman–Crippen MR) is 417 cm³/mol. The molecule has 0 unspecified atom stereocenters. The summed E-state index contributed by atoms with van der Waals surface area (Å²) in [6.07, 6.45) is 12.0. The van der Waals surface area contributed by atoms with E-state index in [-0.39, 0.29) is 0 Å². The Bertz CT molecular complexity index is 5800. The molecule has 0 fully saturated rings. The number of aromatic nitrogens is 15. The molecule has 0 spiro atoms. The maximum absolute atomic E-state index is 4.83. The van der Waals surface area contributed by atoms with Crippen LogP contribution < -0.4 is 23.4 Å². The van der Waals surface area contributed by atoms with E-state index >= 15 is 0 Å². The third-order valence-corrected chi connectivity index (χ3v) is 20.2. The Morgan fingerprint density at radius 1 is 0.369 bits per heavy atom. The van der Waals surface area contributed by atoms with Gasteiger partial charge in [0, 0.05) is 64.2 Å². The van der Waals surface area contributed by atoms with E-state index in [2.05, 4.69) is 381 Å². The molecular weight excluding hydrogens is 1270 g/mol. The lowest BCUT2D eigenvalue weighted by atomic mass is 9.98. The Kier molecular flexibility index (Phi) is 20.4. The molecule has 0 bridgehead atoms. The summed E-state index contributed by atoms with van der Waals surface area (Å²) in [5, 5.41) is 6.32. The van der Waals surface area contributed by atoms with Gasteiger partial charge in [-0.3, -0.25) is 19.9 Å². The molecular formula is C88H98N15+5. The Hall–Kier alpha value is -11.6. The number of fused-ring (bicyclic) bond motifs is 5. The van der Waals surface area contributed by atoms with Gasteiger partial charge in [0.1, 0.15) is 40.5 Å². The molecule has 520 valence electrons. The fraction of sp³-hybridized carbons (Fsp3) is 0.250. The maximum Gasteiger partial charge on any atom is 0.260 e.